The van der Waals surface area contributed by atoms with Crippen LogP contribution < -0.4 is 0 Å². The number of aromatic nitrogens is 4. The minimum absolute atomic E-state index is 0.230. The summed E-state index contributed by atoms with van der Waals surface area (Å²) in [5.74, 6) is 0.481. The van der Waals surface area contributed by atoms with E-state index in [9.17, 15) is 4.79 Å². The molecule has 0 N–H and O–H groups in total. The van der Waals surface area contributed by atoms with Gasteiger partial charge in [-0.2, -0.15) is 0 Å². The molecule has 0 aromatic carbocycles. The number of hydrogen-bond donors (Lipinski definition) is 0. The number of carbonyl (C=O) groups is 1. The van der Waals surface area contributed by atoms with Crippen LogP contribution >= 0.6 is 0 Å². The Morgan fingerprint density at radius 3 is 2.45 bits per heavy atom. The summed E-state index contributed by atoms with van der Waals surface area (Å²) in [5, 5.41) is 0. The van der Waals surface area contributed by atoms with Crippen molar-refractivity contribution in [2.45, 2.75) is 46.1 Å². The predicted molar refractivity (Wildman–Crippen MR) is 82.0 cm³/mol. The molecule has 6 nitrogen and oxygen atoms in total. The summed E-state index contributed by atoms with van der Waals surface area (Å²) in [6.45, 7) is 7.39. The molecule has 2 heterocycles. The van der Waals surface area contributed by atoms with Gasteiger partial charge in [0, 0.05) is 30.1 Å². The molecule has 0 unspecified atom stereocenters. The molecule has 2 aromatic heterocycles. The summed E-state index contributed by atoms with van der Waals surface area (Å²) in [6.07, 6.45) is 5.74. The van der Waals surface area contributed by atoms with Gasteiger partial charge < -0.3 is 4.74 Å². The van der Waals surface area contributed by atoms with Crippen molar-refractivity contribution in [1.82, 2.24) is 19.9 Å². The molecule has 0 radical (unpaired) electrons. The van der Waals surface area contributed by atoms with Crippen LogP contribution in [-0.4, -0.2) is 31.5 Å². The Hall–Kier alpha value is -2.37. The molecule has 0 aliphatic heterocycles. The average Bonchev–Trinajstić information content (AvgIpc) is 2.44. The molecule has 0 saturated carbocycles. The van der Waals surface area contributed by atoms with Crippen LogP contribution in [0, 0.1) is 6.92 Å². The van der Waals surface area contributed by atoms with Gasteiger partial charge in [0.25, 0.3) is 0 Å². The van der Waals surface area contributed by atoms with Gasteiger partial charge in [0.1, 0.15) is 17.8 Å². The Morgan fingerprint density at radius 2 is 1.82 bits per heavy atom. The molecule has 116 valence electrons. The van der Waals surface area contributed by atoms with Crippen LogP contribution in [-0.2, 0) is 16.0 Å². The average molecular weight is 300 g/mol. The smallest absolute Gasteiger partial charge is 0.306 e. The fraction of sp³-hybridized carbons (Fsp3) is 0.438. The summed E-state index contributed by atoms with van der Waals surface area (Å²) in [6, 6.07) is 1.85. The number of aryl methyl sites for hydroxylation is 2. The maximum absolute atomic E-state index is 11.7. The van der Waals surface area contributed by atoms with E-state index >= 15 is 0 Å². The lowest BCUT2D eigenvalue weighted by Crippen LogP contribution is -2.24. The van der Waals surface area contributed by atoms with E-state index in [1.54, 1.807) is 12.4 Å². The van der Waals surface area contributed by atoms with E-state index in [-0.39, 0.29) is 12.4 Å². The summed E-state index contributed by atoms with van der Waals surface area (Å²) in [4.78, 5) is 28.5. The van der Waals surface area contributed by atoms with E-state index < -0.39 is 5.60 Å². The second kappa shape index (κ2) is 6.60. The quantitative estimate of drug-likeness (QED) is 0.807. The van der Waals surface area contributed by atoms with Gasteiger partial charge in [0.15, 0.2) is 0 Å². The van der Waals surface area contributed by atoms with E-state index in [0.717, 1.165) is 17.0 Å². The van der Waals surface area contributed by atoms with Gasteiger partial charge in [-0.25, -0.2) is 19.9 Å². The third kappa shape index (κ3) is 4.87. The maximum Gasteiger partial charge on any atom is 0.306 e. The van der Waals surface area contributed by atoms with Gasteiger partial charge in [-0.05, 0) is 33.8 Å². The zero-order chi connectivity index (χ0) is 16.2. The molecule has 0 saturated heterocycles. The van der Waals surface area contributed by atoms with Crippen molar-refractivity contribution in [3.05, 3.63) is 36.3 Å². The number of esters is 1. The number of carbonyl (C=O) groups excluding carboxylic acids is 1. The van der Waals surface area contributed by atoms with Crippen molar-refractivity contribution in [3.63, 3.8) is 0 Å². The highest BCUT2D eigenvalue weighted by molar-refractivity contribution is 5.70. The normalized spacial score (nSPS) is 11.3. The Labute approximate surface area is 130 Å². The van der Waals surface area contributed by atoms with E-state index in [1.807, 2.05) is 33.8 Å². The largest absolute Gasteiger partial charge is 0.460 e. The van der Waals surface area contributed by atoms with Gasteiger partial charge in [-0.15, -0.1) is 0 Å². The first-order valence-electron chi connectivity index (χ1n) is 7.15. The first-order valence-corrected chi connectivity index (χ1v) is 7.15. The van der Waals surface area contributed by atoms with E-state index in [4.69, 9.17) is 4.74 Å². The standard InChI is InChI=1S/C16H20N4O2/c1-11-17-8-12(9-18-11)14-7-13(19-10-20-14)5-6-15(21)22-16(2,3)4/h7-10H,5-6H2,1-4H3. The second-order valence-corrected chi connectivity index (χ2v) is 6.00. The summed E-state index contributed by atoms with van der Waals surface area (Å²) >= 11 is 0. The van der Waals surface area contributed by atoms with Crippen molar-refractivity contribution < 1.29 is 9.53 Å². The third-order valence-electron chi connectivity index (χ3n) is 2.81. The summed E-state index contributed by atoms with van der Waals surface area (Å²) in [5.41, 5.74) is 1.89. The highest BCUT2D eigenvalue weighted by Gasteiger charge is 2.16. The van der Waals surface area contributed by atoms with E-state index in [2.05, 4.69) is 19.9 Å². The van der Waals surface area contributed by atoms with Crippen molar-refractivity contribution >= 4 is 5.97 Å². The molecule has 0 aliphatic rings. The predicted octanol–water partition coefficient (Wildman–Crippen LogP) is 2.52. The topological polar surface area (TPSA) is 77.9 Å². The molecule has 2 rings (SSSR count). The Morgan fingerprint density at radius 1 is 1.14 bits per heavy atom. The zero-order valence-electron chi connectivity index (χ0n) is 13.3. The van der Waals surface area contributed by atoms with Crippen LogP contribution in [0.15, 0.2) is 24.8 Å². The van der Waals surface area contributed by atoms with Gasteiger partial charge in [-0.1, -0.05) is 0 Å². The van der Waals surface area contributed by atoms with Crippen molar-refractivity contribution in [2.75, 3.05) is 0 Å². The first-order chi connectivity index (χ1) is 10.3. The molecule has 22 heavy (non-hydrogen) atoms. The molecule has 0 fully saturated rings. The molecule has 0 spiro atoms. The van der Waals surface area contributed by atoms with Crippen LogP contribution in [0.3, 0.4) is 0 Å². The fourth-order valence-electron chi connectivity index (χ4n) is 1.84. The van der Waals surface area contributed by atoms with Gasteiger partial charge in [0.05, 0.1) is 12.1 Å². The van der Waals surface area contributed by atoms with Gasteiger partial charge in [0.2, 0.25) is 0 Å². The Kier molecular flexibility index (Phi) is 4.80. The maximum atomic E-state index is 11.7. The number of nitrogens with zero attached hydrogens (tertiary/aromatic N) is 4. The lowest BCUT2D eigenvalue weighted by molar-refractivity contribution is -0.154. The fourth-order valence-corrected chi connectivity index (χ4v) is 1.84. The Balaban J connectivity index is 2.03. The minimum Gasteiger partial charge on any atom is -0.460 e. The van der Waals surface area contributed by atoms with Crippen LogP contribution in [0.25, 0.3) is 11.3 Å². The molecule has 0 amide bonds. The molecule has 0 aliphatic carbocycles. The third-order valence-corrected chi connectivity index (χ3v) is 2.81. The van der Waals surface area contributed by atoms with Crippen LogP contribution in [0.1, 0.15) is 38.7 Å². The molecule has 2 aromatic rings. The summed E-state index contributed by atoms with van der Waals surface area (Å²) < 4.78 is 5.29. The number of ether oxygens (including phenoxy) is 1. The van der Waals surface area contributed by atoms with E-state index in [1.165, 1.54) is 6.33 Å². The highest BCUT2D eigenvalue weighted by Crippen LogP contribution is 2.16. The lowest BCUT2D eigenvalue weighted by atomic mass is 10.1. The SMILES string of the molecule is Cc1ncc(-c2cc(CCC(=O)OC(C)(C)C)ncn2)cn1. The molecule has 0 atom stereocenters. The van der Waals surface area contributed by atoms with Crippen LogP contribution in [0.5, 0.6) is 0 Å². The first kappa shape index (κ1) is 16.0. The summed E-state index contributed by atoms with van der Waals surface area (Å²) in [7, 11) is 0. The molecule has 0 bridgehead atoms. The molecular formula is C16H20N4O2. The second-order valence-electron chi connectivity index (χ2n) is 6.00. The monoisotopic (exact) mass is 300 g/mol. The van der Waals surface area contributed by atoms with Gasteiger partial charge >= 0.3 is 5.97 Å². The Bertz CT molecular complexity index is 648. The van der Waals surface area contributed by atoms with Crippen molar-refractivity contribution in [1.29, 1.82) is 0 Å². The highest BCUT2D eigenvalue weighted by atomic mass is 16.6. The number of rotatable bonds is 4. The number of hydrogen-bond acceptors (Lipinski definition) is 6. The molecule has 6 heteroatoms. The zero-order valence-corrected chi connectivity index (χ0v) is 13.3. The van der Waals surface area contributed by atoms with Crippen molar-refractivity contribution in [3.8, 4) is 11.3 Å². The van der Waals surface area contributed by atoms with Crippen LogP contribution in [0.2, 0.25) is 0 Å². The van der Waals surface area contributed by atoms with Crippen molar-refractivity contribution in [2.24, 2.45) is 0 Å². The molecular weight excluding hydrogens is 280 g/mol. The van der Waals surface area contributed by atoms with Gasteiger partial charge in [-0.3, -0.25) is 4.79 Å². The van der Waals surface area contributed by atoms with E-state index in [0.29, 0.717) is 12.2 Å². The minimum atomic E-state index is -0.465. The van der Waals surface area contributed by atoms with Crippen LogP contribution in [0.4, 0.5) is 0 Å². The lowest BCUT2D eigenvalue weighted by Gasteiger charge is -2.19.